The van der Waals surface area contributed by atoms with Crippen molar-refractivity contribution in [2.75, 3.05) is 26.2 Å². The SMILES string of the molecule is O=P(Cl)(OOC1=NCCN1Cc1ccccc1)OC1=NCCN1Cc1ccccc1. The number of amidine groups is 2. The molecule has 0 spiro atoms. The van der Waals surface area contributed by atoms with Crippen LogP contribution < -0.4 is 0 Å². The molecule has 1 atom stereocenters. The fourth-order valence-electron chi connectivity index (χ4n) is 3.18. The fourth-order valence-corrected chi connectivity index (χ4v) is 4.01. The van der Waals surface area contributed by atoms with Crippen molar-refractivity contribution < 1.29 is 18.7 Å². The van der Waals surface area contributed by atoms with Crippen LogP contribution in [0.5, 0.6) is 0 Å². The summed E-state index contributed by atoms with van der Waals surface area (Å²) in [4.78, 5) is 17.4. The molecule has 0 radical (unpaired) electrons. The smallest absolute Gasteiger partial charge is 0.378 e. The summed E-state index contributed by atoms with van der Waals surface area (Å²) in [5.41, 5.74) is 2.17. The van der Waals surface area contributed by atoms with Crippen molar-refractivity contribution in [3.8, 4) is 0 Å². The van der Waals surface area contributed by atoms with E-state index in [0.717, 1.165) is 11.1 Å². The van der Waals surface area contributed by atoms with Crippen molar-refractivity contribution in [3.63, 3.8) is 0 Å². The molecule has 2 aromatic rings. The number of hydrogen-bond acceptors (Lipinski definition) is 8. The van der Waals surface area contributed by atoms with Crippen molar-refractivity contribution >= 4 is 30.2 Å². The Bertz CT molecular complexity index is 958. The molecule has 0 N–H and O–H groups in total. The number of rotatable bonds is 7. The Morgan fingerprint density at radius 2 is 1.33 bits per heavy atom. The van der Waals surface area contributed by atoms with E-state index >= 15 is 0 Å². The van der Waals surface area contributed by atoms with Gasteiger partial charge in [0.1, 0.15) is 0 Å². The summed E-state index contributed by atoms with van der Waals surface area (Å²) in [6.45, 7) is -0.538. The number of aliphatic imine (C=N–C) groups is 2. The van der Waals surface area contributed by atoms with E-state index in [-0.39, 0.29) is 12.0 Å². The van der Waals surface area contributed by atoms with Gasteiger partial charge in [-0.15, -0.1) is 0 Å². The topological polar surface area (TPSA) is 76.0 Å². The van der Waals surface area contributed by atoms with Gasteiger partial charge in [-0.05, 0) is 11.1 Å². The Labute approximate surface area is 180 Å². The third-order valence-corrected chi connectivity index (χ3v) is 5.61. The highest BCUT2D eigenvalue weighted by Crippen LogP contribution is 2.54. The van der Waals surface area contributed by atoms with Crippen molar-refractivity contribution in [2.45, 2.75) is 13.1 Å². The van der Waals surface area contributed by atoms with Gasteiger partial charge in [0.2, 0.25) is 0 Å². The van der Waals surface area contributed by atoms with Crippen LogP contribution in [0.25, 0.3) is 0 Å². The minimum Gasteiger partial charge on any atom is -0.378 e. The van der Waals surface area contributed by atoms with Gasteiger partial charge in [0.25, 0.3) is 6.02 Å². The summed E-state index contributed by atoms with van der Waals surface area (Å²) in [7, 11) is 0. The van der Waals surface area contributed by atoms with Crippen LogP contribution in [-0.2, 0) is 31.7 Å². The third-order valence-electron chi connectivity index (χ3n) is 4.60. The van der Waals surface area contributed by atoms with Crippen molar-refractivity contribution in [3.05, 3.63) is 71.8 Å². The van der Waals surface area contributed by atoms with E-state index in [0.29, 0.717) is 39.3 Å². The fraction of sp³-hybridized carbons (Fsp3) is 0.300. The van der Waals surface area contributed by atoms with Gasteiger partial charge in [0.15, 0.2) is 0 Å². The van der Waals surface area contributed by atoms with Crippen molar-refractivity contribution in [1.29, 1.82) is 0 Å². The molecule has 0 bridgehead atoms. The first-order chi connectivity index (χ1) is 14.6. The van der Waals surface area contributed by atoms with Crippen LogP contribution in [0.4, 0.5) is 0 Å². The van der Waals surface area contributed by atoms with Gasteiger partial charge in [0, 0.05) is 37.4 Å². The molecule has 2 aromatic carbocycles. The van der Waals surface area contributed by atoms with Crippen LogP contribution in [0.3, 0.4) is 0 Å². The van der Waals surface area contributed by atoms with E-state index in [2.05, 4.69) is 9.98 Å². The maximum atomic E-state index is 12.6. The van der Waals surface area contributed by atoms with Crippen LogP contribution >= 0.6 is 18.2 Å². The summed E-state index contributed by atoms with van der Waals surface area (Å²) in [5.74, 6) is 0. The Morgan fingerprint density at radius 3 is 1.90 bits per heavy atom. The molecule has 1 unspecified atom stereocenters. The molecule has 8 nitrogen and oxygen atoms in total. The predicted octanol–water partition coefficient (Wildman–Crippen LogP) is 4.04. The lowest BCUT2D eigenvalue weighted by Crippen LogP contribution is -2.30. The molecule has 0 aromatic heterocycles. The van der Waals surface area contributed by atoms with Crippen LogP contribution in [0.1, 0.15) is 11.1 Å². The average molecular weight is 449 g/mol. The van der Waals surface area contributed by atoms with Crippen molar-refractivity contribution in [1.82, 2.24) is 9.80 Å². The van der Waals surface area contributed by atoms with Crippen molar-refractivity contribution in [2.24, 2.45) is 9.98 Å². The van der Waals surface area contributed by atoms with Crippen LogP contribution in [-0.4, -0.2) is 48.0 Å². The van der Waals surface area contributed by atoms with E-state index in [4.69, 9.17) is 25.3 Å². The van der Waals surface area contributed by atoms with Gasteiger partial charge in [-0.25, -0.2) is 14.5 Å². The average Bonchev–Trinajstić information content (AvgIpc) is 3.37. The number of halogens is 1. The zero-order chi connectivity index (χ0) is 20.8. The highest BCUT2D eigenvalue weighted by molar-refractivity contribution is 7.81. The van der Waals surface area contributed by atoms with E-state index < -0.39 is 6.95 Å². The van der Waals surface area contributed by atoms with Gasteiger partial charge in [-0.1, -0.05) is 65.3 Å². The van der Waals surface area contributed by atoms with E-state index in [1.807, 2.05) is 70.5 Å². The molecule has 0 fully saturated rings. The van der Waals surface area contributed by atoms with Gasteiger partial charge in [-0.3, -0.25) is 4.89 Å². The Kier molecular flexibility index (Phi) is 6.57. The minimum absolute atomic E-state index is 0.176. The molecule has 0 aliphatic carbocycles. The second-order valence-electron chi connectivity index (χ2n) is 6.82. The van der Waals surface area contributed by atoms with E-state index in [1.54, 1.807) is 0 Å². The Morgan fingerprint density at radius 1 is 0.833 bits per heavy atom. The van der Waals surface area contributed by atoms with Gasteiger partial charge >= 0.3 is 13.0 Å². The largest absolute Gasteiger partial charge is 0.514 e. The molecule has 10 heteroatoms. The summed E-state index contributed by atoms with van der Waals surface area (Å²) in [5, 5.41) is 0. The van der Waals surface area contributed by atoms with Crippen LogP contribution in [0, 0.1) is 0 Å². The van der Waals surface area contributed by atoms with E-state index in [9.17, 15) is 4.57 Å². The molecule has 0 amide bonds. The second kappa shape index (κ2) is 9.51. The maximum absolute atomic E-state index is 12.6. The van der Waals surface area contributed by atoms with Crippen LogP contribution in [0.15, 0.2) is 70.6 Å². The lowest BCUT2D eigenvalue weighted by molar-refractivity contribution is -0.132. The van der Waals surface area contributed by atoms with Gasteiger partial charge in [-0.2, -0.15) is 0 Å². The normalized spacial score (nSPS) is 18.0. The molecule has 4 rings (SSSR count). The first kappa shape index (κ1) is 20.7. The highest BCUT2D eigenvalue weighted by Gasteiger charge is 2.33. The summed E-state index contributed by atoms with van der Waals surface area (Å²) in [6.07, 6.45) is 0. The quantitative estimate of drug-likeness (QED) is 0.361. The van der Waals surface area contributed by atoms with Gasteiger partial charge < -0.3 is 14.3 Å². The summed E-state index contributed by atoms with van der Waals surface area (Å²) in [6, 6.07) is 20.1. The zero-order valence-corrected chi connectivity index (χ0v) is 17.9. The first-order valence-corrected chi connectivity index (χ1v) is 12.1. The predicted molar refractivity (Wildman–Crippen MR) is 115 cm³/mol. The second-order valence-corrected chi connectivity index (χ2v) is 9.26. The number of nitrogens with zero attached hydrogens (tertiary/aromatic N) is 4. The molecule has 2 aliphatic heterocycles. The molecule has 0 saturated heterocycles. The third kappa shape index (κ3) is 5.53. The molecule has 30 heavy (non-hydrogen) atoms. The molecule has 2 heterocycles. The molecule has 2 aliphatic rings. The lowest BCUT2D eigenvalue weighted by Gasteiger charge is -2.22. The Balaban J connectivity index is 1.31. The van der Waals surface area contributed by atoms with E-state index in [1.165, 1.54) is 0 Å². The van der Waals surface area contributed by atoms with Gasteiger partial charge in [0.05, 0.1) is 13.1 Å². The number of benzene rings is 2. The minimum atomic E-state index is -4.08. The summed E-state index contributed by atoms with van der Waals surface area (Å²) >= 11 is 5.98. The molecule has 158 valence electrons. The zero-order valence-electron chi connectivity index (χ0n) is 16.3. The monoisotopic (exact) mass is 448 g/mol. The van der Waals surface area contributed by atoms with Crippen LogP contribution in [0.2, 0.25) is 0 Å². The maximum Gasteiger partial charge on any atom is 0.514 e. The standard InChI is InChI=1S/C20H22ClN4O4P/c21-30(26,28-20-23-12-14-25(20)16-18-9-5-2-6-10-18)29-27-19-22-11-13-24(19)15-17-7-3-1-4-8-17/h1-10H,11-16H2. The lowest BCUT2D eigenvalue weighted by atomic mass is 10.2. The molecular weight excluding hydrogens is 427 g/mol. The molecule has 0 saturated carbocycles. The first-order valence-electron chi connectivity index (χ1n) is 9.61. The highest BCUT2D eigenvalue weighted by atomic mass is 35.7. The summed E-state index contributed by atoms with van der Waals surface area (Å²) < 4.78 is 22.9. The number of hydrogen-bond donors (Lipinski definition) is 0. The molecular formula is C20H22ClN4O4P. The Hall–Kier alpha value is -2.54.